The minimum atomic E-state index is 0.332. The summed E-state index contributed by atoms with van der Waals surface area (Å²) in [5, 5.41) is 4.85. The van der Waals surface area contributed by atoms with Crippen LogP contribution in [0.25, 0.3) is 0 Å². The van der Waals surface area contributed by atoms with Gasteiger partial charge in [-0.05, 0) is 43.5 Å². The maximum Gasteiger partial charge on any atom is 0.0595 e. The Kier molecular flexibility index (Phi) is 6.00. The minimum Gasteiger partial charge on any atom is -0.310 e. The molecule has 0 aromatic heterocycles. The van der Waals surface area contributed by atoms with Crippen molar-refractivity contribution < 1.29 is 0 Å². The van der Waals surface area contributed by atoms with Crippen LogP contribution in [0.4, 0.5) is 0 Å². The highest BCUT2D eigenvalue weighted by Gasteiger charge is 2.13. The van der Waals surface area contributed by atoms with Crippen molar-refractivity contribution in [2.24, 2.45) is 5.92 Å². The highest BCUT2D eigenvalue weighted by Crippen LogP contribution is 2.27. The monoisotopic (exact) mass is 299 g/mol. The van der Waals surface area contributed by atoms with E-state index in [2.05, 4.69) is 12.2 Å². The summed E-state index contributed by atoms with van der Waals surface area (Å²) in [6.45, 7) is 3.27. The molecule has 106 valence electrons. The molecule has 1 aliphatic carbocycles. The van der Waals surface area contributed by atoms with Gasteiger partial charge in [0.15, 0.2) is 0 Å². The van der Waals surface area contributed by atoms with Gasteiger partial charge in [0, 0.05) is 6.04 Å². The largest absolute Gasteiger partial charge is 0.310 e. The maximum atomic E-state index is 6.05. The van der Waals surface area contributed by atoms with E-state index in [-0.39, 0.29) is 0 Å². The second-order valence-electron chi connectivity index (χ2n) is 5.64. The summed E-state index contributed by atoms with van der Waals surface area (Å²) in [5.74, 6) is 0.933. The van der Waals surface area contributed by atoms with Crippen LogP contribution in [0, 0.1) is 5.92 Å². The fourth-order valence-corrected chi connectivity index (χ4v) is 3.19. The first-order valence-corrected chi connectivity index (χ1v) is 8.10. The van der Waals surface area contributed by atoms with Crippen LogP contribution in [-0.2, 0) is 0 Å². The van der Waals surface area contributed by atoms with Crippen molar-refractivity contribution in [3.63, 3.8) is 0 Å². The van der Waals surface area contributed by atoms with E-state index in [1.54, 1.807) is 0 Å². The van der Waals surface area contributed by atoms with Crippen LogP contribution in [0.1, 0.15) is 57.1 Å². The van der Waals surface area contributed by atoms with Gasteiger partial charge in [-0.2, -0.15) is 0 Å². The molecule has 0 amide bonds. The average molecular weight is 300 g/mol. The third-order valence-corrected chi connectivity index (χ3v) is 4.91. The number of hydrogen-bond acceptors (Lipinski definition) is 1. The molecule has 0 radical (unpaired) electrons. The van der Waals surface area contributed by atoms with Gasteiger partial charge in [0.2, 0.25) is 0 Å². The van der Waals surface area contributed by atoms with Crippen molar-refractivity contribution in [3.8, 4) is 0 Å². The van der Waals surface area contributed by atoms with Gasteiger partial charge in [0.25, 0.3) is 0 Å². The second-order valence-corrected chi connectivity index (χ2v) is 6.46. The lowest BCUT2D eigenvalue weighted by molar-refractivity contribution is 0.329. The van der Waals surface area contributed by atoms with Crippen LogP contribution in [-0.4, -0.2) is 6.54 Å². The third-order valence-electron chi connectivity index (χ3n) is 4.17. The van der Waals surface area contributed by atoms with Crippen molar-refractivity contribution in [2.45, 2.75) is 51.5 Å². The van der Waals surface area contributed by atoms with E-state index in [9.17, 15) is 0 Å². The van der Waals surface area contributed by atoms with E-state index in [1.807, 2.05) is 18.2 Å². The Balaban J connectivity index is 1.76. The molecule has 0 aliphatic heterocycles. The van der Waals surface area contributed by atoms with Crippen LogP contribution in [0.3, 0.4) is 0 Å². The Morgan fingerprint density at radius 3 is 2.58 bits per heavy atom. The van der Waals surface area contributed by atoms with Crippen LogP contribution < -0.4 is 5.32 Å². The molecule has 19 heavy (non-hydrogen) atoms. The fourth-order valence-electron chi connectivity index (χ4n) is 2.88. The smallest absolute Gasteiger partial charge is 0.0595 e. The summed E-state index contributed by atoms with van der Waals surface area (Å²) in [5.41, 5.74) is 1.21. The van der Waals surface area contributed by atoms with Crippen molar-refractivity contribution in [3.05, 3.63) is 33.8 Å². The van der Waals surface area contributed by atoms with E-state index in [1.165, 1.54) is 44.1 Å². The standard InChI is InChI=1S/C16H23Cl2N/c1-12(14-7-8-15(17)16(18)11-14)19-10-9-13-5-3-2-4-6-13/h7-8,11-13,19H,2-6,9-10H2,1H3. The summed E-state index contributed by atoms with van der Waals surface area (Å²) < 4.78 is 0. The maximum absolute atomic E-state index is 6.05. The van der Waals surface area contributed by atoms with Crippen molar-refractivity contribution in [1.82, 2.24) is 5.32 Å². The van der Waals surface area contributed by atoms with E-state index < -0.39 is 0 Å². The summed E-state index contributed by atoms with van der Waals surface area (Å²) in [7, 11) is 0. The van der Waals surface area contributed by atoms with Gasteiger partial charge in [0.1, 0.15) is 0 Å². The summed E-state index contributed by atoms with van der Waals surface area (Å²) in [6, 6.07) is 6.21. The lowest BCUT2D eigenvalue weighted by Gasteiger charge is -2.23. The Labute approximate surface area is 126 Å². The Bertz CT molecular complexity index is 400. The Hall–Kier alpha value is -0.240. The number of hydrogen-bond donors (Lipinski definition) is 1. The molecule has 0 saturated heterocycles. The van der Waals surface area contributed by atoms with E-state index in [0.717, 1.165) is 12.5 Å². The van der Waals surface area contributed by atoms with E-state index in [0.29, 0.717) is 16.1 Å². The number of benzene rings is 1. The zero-order valence-electron chi connectivity index (χ0n) is 11.6. The molecule has 2 rings (SSSR count). The molecular weight excluding hydrogens is 277 g/mol. The lowest BCUT2D eigenvalue weighted by Crippen LogP contribution is -2.22. The van der Waals surface area contributed by atoms with Crippen molar-refractivity contribution >= 4 is 23.2 Å². The van der Waals surface area contributed by atoms with Crippen LogP contribution in [0.2, 0.25) is 10.0 Å². The molecular formula is C16H23Cl2N. The number of rotatable bonds is 5. The topological polar surface area (TPSA) is 12.0 Å². The zero-order valence-corrected chi connectivity index (χ0v) is 13.1. The molecule has 1 aromatic carbocycles. The average Bonchev–Trinajstić information content (AvgIpc) is 2.43. The Morgan fingerprint density at radius 1 is 1.16 bits per heavy atom. The molecule has 0 spiro atoms. The fraction of sp³-hybridized carbons (Fsp3) is 0.625. The number of halogens is 2. The third kappa shape index (κ3) is 4.66. The minimum absolute atomic E-state index is 0.332. The van der Waals surface area contributed by atoms with Gasteiger partial charge < -0.3 is 5.32 Å². The van der Waals surface area contributed by atoms with Crippen LogP contribution >= 0.6 is 23.2 Å². The predicted octanol–water partition coefficient (Wildman–Crippen LogP) is 5.61. The lowest BCUT2D eigenvalue weighted by atomic mass is 9.87. The summed E-state index contributed by atoms with van der Waals surface area (Å²) in [6.07, 6.45) is 8.42. The molecule has 1 saturated carbocycles. The van der Waals surface area contributed by atoms with Crippen LogP contribution in [0.15, 0.2) is 18.2 Å². The molecule has 1 aliphatic rings. The molecule has 0 bridgehead atoms. The van der Waals surface area contributed by atoms with Gasteiger partial charge >= 0.3 is 0 Å². The van der Waals surface area contributed by atoms with Gasteiger partial charge in [-0.15, -0.1) is 0 Å². The molecule has 0 heterocycles. The molecule has 1 unspecified atom stereocenters. The first-order valence-electron chi connectivity index (χ1n) is 7.35. The SMILES string of the molecule is CC(NCCC1CCCCC1)c1ccc(Cl)c(Cl)c1. The van der Waals surface area contributed by atoms with E-state index >= 15 is 0 Å². The zero-order chi connectivity index (χ0) is 13.7. The van der Waals surface area contributed by atoms with Gasteiger partial charge in [-0.25, -0.2) is 0 Å². The van der Waals surface area contributed by atoms with Gasteiger partial charge in [-0.3, -0.25) is 0 Å². The molecule has 1 aromatic rings. The molecule has 1 nitrogen and oxygen atoms in total. The highest BCUT2D eigenvalue weighted by atomic mass is 35.5. The Morgan fingerprint density at radius 2 is 1.89 bits per heavy atom. The molecule has 1 N–H and O–H groups in total. The first-order chi connectivity index (χ1) is 9.16. The quantitative estimate of drug-likeness (QED) is 0.744. The van der Waals surface area contributed by atoms with Crippen molar-refractivity contribution in [1.29, 1.82) is 0 Å². The van der Waals surface area contributed by atoms with Crippen LogP contribution in [0.5, 0.6) is 0 Å². The normalized spacial score (nSPS) is 18.5. The number of nitrogens with one attached hydrogen (secondary N) is 1. The summed E-state index contributed by atoms with van der Waals surface area (Å²) in [4.78, 5) is 0. The molecule has 3 heteroatoms. The van der Waals surface area contributed by atoms with Gasteiger partial charge in [0.05, 0.1) is 10.0 Å². The first kappa shape index (κ1) is 15.2. The molecule has 1 fully saturated rings. The van der Waals surface area contributed by atoms with Gasteiger partial charge in [-0.1, -0.05) is 61.4 Å². The molecule has 1 atom stereocenters. The predicted molar refractivity (Wildman–Crippen MR) is 84.1 cm³/mol. The summed E-state index contributed by atoms with van der Waals surface area (Å²) >= 11 is 12.0. The second kappa shape index (κ2) is 7.52. The van der Waals surface area contributed by atoms with E-state index in [4.69, 9.17) is 23.2 Å². The highest BCUT2D eigenvalue weighted by molar-refractivity contribution is 6.42. The van der Waals surface area contributed by atoms with Crippen molar-refractivity contribution in [2.75, 3.05) is 6.54 Å².